The number of ether oxygens (including phenoxy) is 1. The van der Waals surface area contributed by atoms with Crippen LogP contribution < -0.4 is 10.1 Å². The van der Waals surface area contributed by atoms with Crippen molar-refractivity contribution in [3.8, 4) is 5.75 Å². The number of nitrogens with one attached hydrogen (secondary N) is 1. The molecule has 0 aliphatic carbocycles. The second-order valence-electron chi connectivity index (χ2n) is 6.95. The number of benzene rings is 2. The molecular weight excluding hydrogens is 296 g/mol. The summed E-state index contributed by atoms with van der Waals surface area (Å²) in [4.78, 5) is 2.59. The van der Waals surface area contributed by atoms with Crippen LogP contribution in [0.25, 0.3) is 0 Å². The van der Waals surface area contributed by atoms with Gasteiger partial charge in [-0.3, -0.25) is 4.90 Å². The Balaban J connectivity index is 1.39. The molecule has 2 heterocycles. The Morgan fingerprint density at radius 1 is 1.00 bits per heavy atom. The van der Waals surface area contributed by atoms with E-state index in [1.165, 1.54) is 30.5 Å². The molecular formula is C21H26N2O. The fourth-order valence-electron chi connectivity index (χ4n) is 3.98. The van der Waals surface area contributed by atoms with Crippen LogP contribution in [-0.2, 0) is 6.54 Å². The van der Waals surface area contributed by atoms with Crippen LogP contribution in [0.4, 0.5) is 0 Å². The summed E-state index contributed by atoms with van der Waals surface area (Å²) < 4.78 is 5.79. The third kappa shape index (κ3) is 3.63. The van der Waals surface area contributed by atoms with Crippen LogP contribution in [0.3, 0.4) is 0 Å². The molecule has 1 saturated heterocycles. The van der Waals surface area contributed by atoms with E-state index in [2.05, 4.69) is 64.8 Å². The topological polar surface area (TPSA) is 24.5 Å². The highest BCUT2D eigenvalue weighted by Gasteiger charge is 2.26. The third-order valence-corrected chi connectivity index (χ3v) is 5.15. The fourth-order valence-corrected chi connectivity index (χ4v) is 3.98. The molecule has 1 N–H and O–H groups in total. The minimum atomic E-state index is 0.427. The second kappa shape index (κ2) is 7.37. The molecule has 2 atom stereocenters. The van der Waals surface area contributed by atoms with Gasteiger partial charge in [-0.2, -0.15) is 0 Å². The average Bonchev–Trinajstić information content (AvgIpc) is 2.63. The van der Waals surface area contributed by atoms with E-state index < -0.39 is 0 Å². The van der Waals surface area contributed by atoms with E-state index in [1.54, 1.807) is 0 Å². The van der Waals surface area contributed by atoms with E-state index in [9.17, 15) is 0 Å². The Bertz CT molecular complexity index is 658. The van der Waals surface area contributed by atoms with Gasteiger partial charge in [0.15, 0.2) is 0 Å². The molecule has 24 heavy (non-hydrogen) atoms. The lowest BCUT2D eigenvalue weighted by atomic mass is 9.97. The standard InChI is InChI=1S/C21H26N2O/c1-2-7-17(8-3-1)15-23-13-6-9-18(16-23)22-20-12-14-24-21-11-5-4-10-19(20)21/h1-5,7-8,10-11,18,20,22H,6,9,12-16H2. The Morgan fingerprint density at radius 3 is 2.75 bits per heavy atom. The van der Waals surface area contributed by atoms with Crippen molar-refractivity contribution in [1.82, 2.24) is 10.2 Å². The molecule has 2 aliphatic heterocycles. The molecule has 2 aromatic rings. The molecule has 3 heteroatoms. The molecule has 0 bridgehead atoms. The van der Waals surface area contributed by atoms with E-state index in [0.717, 1.165) is 31.9 Å². The highest BCUT2D eigenvalue weighted by atomic mass is 16.5. The molecule has 0 radical (unpaired) electrons. The zero-order valence-corrected chi connectivity index (χ0v) is 14.2. The van der Waals surface area contributed by atoms with Crippen molar-refractivity contribution in [1.29, 1.82) is 0 Å². The van der Waals surface area contributed by atoms with Crippen molar-refractivity contribution < 1.29 is 4.74 Å². The summed E-state index contributed by atoms with van der Waals surface area (Å²) in [6.45, 7) is 4.21. The van der Waals surface area contributed by atoms with E-state index in [1.807, 2.05) is 0 Å². The molecule has 3 nitrogen and oxygen atoms in total. The van der Waals surface area contributed by atoms with Gasteiger partial charge in [-0.1, -0.05) is 48.5 Å². The summed E-state index contributed by atoms with van der Waals surface area (Å²) in [5.41, 5.74) is 2.73. The van der Waals surface area contributed by atoms with Gasteiger partial charge in [-0.05, 0) is 31.0 Å². The predicted molar refractivity (Wildman–Crippen MR) is 97.2 cm³/mol. The quantitative estimate of drug-likeness (QED) is 0.927. The van der Waals surface area contributed by atoms with Gasteiger partial charge in [0.2, 0.25) is 0 Å². The lowest BCUT2D eigenvalue weighted by Crippen LogP contribution is -2.47. The van der Waals surface area contributed by atoms with Crippen LogP contribution in [0.1, 0.15) is 36.4 Å². The maximum atomic E-state index is 5.79. The first-order valence-corrected chi connectivity index (χ1v) is 9.12. The number of piperidine rings is 1. The minimum Gasteiger partial charge on any atom is -0.493 e. The fraction of sp³-hybridized carbons (Fsp3) is 0.429. The Morgan fingerprint density at radius 2 is 1.83 bits per heavy atom. The predicted octanol–water partition coefficient (Wildman–Crippen LogP) is 3.76. The van der Waals surface area contributed by atoms with E-state index >= 15 is 0 Å². The van der Waals surface area contributed by atoms with Crippen molar-refractivity contribution >= 4 is 0 Å². The molecule has 0 saturated carbocycles. The zero-order valence-electron chi connectivity index (χ0n) is 14.2. The van der Waals surface area contributed by atoms with E-state index in [4.69, 9.17) is 4.74 Å². The monoisotopic (exact) mass is 322 g/mol. The number of hydrogen-bond donors (Lipinski definition) is 1. The van der Waals surface area contributed by atoms with Gasteiger partial charge in [-0.15, -0.1) is 0 Å². The van der Waals surface area contributed by atoms with Crippen molar-refractivity contribution in [2.45, 2.75) is 37.9 Å². The highest BCUT2D eigenvalue weighted by molar-refractivity contribution is 5.37. The Labute approximate surface area is 144 Å². The molecule has 2 unspecified atom stereocenters. The first-order chi connectivity index (χ1) is 11.9. The van der Waals surface area contributed by atoms with Gasteiger partial charge in [0.25, 0.3) is 0 Å². The summed E-state index contributed by atoms with van der Waals surface area (Å²) in [5, 5.41) is 3.91. The zero-order chi connectivity index (χ0) is 16.2. The lowest BCUT2D eigenvalue weighted by molar-refractivity contribution is 0.164. The van der Waals surface area contributed by atoms with Crippen LogP contribution in [0.15, 0.2) is 54.6 Å². The summed E-state index contributed by atoms with van der Waals surface area (Å²) >= 11 is 0. The van der Waals surface area contributed by atoms with E-state index in [-0.39, 0.29) is 0 Å². The lowest BCUT2D eigenvalue weighted by Gasteiger charge is -2.37. The van der Waals surface area contributed by atoms with Gasteiger partial charge in [-0.25, -0.2) is 0 Å². The first kappa shape index (κ1) is 15.7. The molecule has 2 aliphatic rings. The minimum absolute atomic E-state index is 0.427. The van der Waals surface area contributed by atoms with Gasteiger partial charge < -0.3 is 10.1 Å². The smallest absolute Gasteiger partial charge is 0.124 e. The molecule has 1 fully saturated rings. The first-order valence-electron chi connectivity index (χ1n) is 9.12. The number of para-hydroxylation sites is 1. The van der Waals surface area contributed by atoms with Crippen LogP contribution in [0.5, 0.6) is 5.75 Å². The summed E-state index contributed by atoms with van der Waals surface area (Å²) in [5.74, 6) is 1.05. The van der Waals surface area contributed by atoms with Crippen molar-refractivity contribution in [2.24, 2.45) is 0 Å². The summed E-state index contributed by atoms with van der Waals surface area (Å²) in [6, 6.07) is 20.3. The maximum absolute atomic E-state index is 5.79. The van der Waals surface area contributed by atoms with Crippen LogP contribution in [0.2, 0.25) is 0 Å². The normalized spacial score (nSPS) is 24.2. The summed E-state index contributed by atoms with van der Waals surface area (Å²) in [6.07, 6.45) is 3.60. The molecule has 4 rings (SSSR count). The molecule has 2 aromatic carbocycles. The molecule has 126 valence electrons. The Kier molecular flexibility index (Phi) is 4.81. The van der Waals surface area contributed by atoms with Crippen molar-refractivity contribution in [3.05, 3.63) is 65.7 Å². The van der Waals surface area contributed by atoms with Gasteiger partial charge in [0.05, 0.1) is 6.61 Å². The molecule has 0 aromatic heterocycles. The largest absolute Gasteiger partial charge is 0.493 e. The Hall–Kier alpha value is -1.84. The van der Waals surface area contributed by atoms with Crippen LogP contribution in [-0.4, -0.2) is 30.6 Å². The van der Waals surface area contributed by atoms with Gasteiger partial charge >= 0.3 is 0 Å². The number of nitrogens with zero attached hydrogens (tertiary/aromatic N) is 1. The maximum Gasteiger partial charge on any atom is 0.124 e. The number of rotatable bonds is 4. The highest BCUT2D eigenvalue weighted by Crippen LogP contribution is 2.32. The number of likely N-dealkylation sites (tertiary alicyclic amines) is 1. The van der Waals surface area contributed by atoms with Crippen molar-refractivity contribution in [3.63, 3.8) is 0 Å². The second-order valence-corrected chi connectivity index (χ2v) is 6.95. The summed E-state index contributed by atoms with van der Waals surface area (Å²) in [7, 11) is 0. The van der Waals surface area contributed by atoms with Gasteiger partial charge in [0.1, 0.15) is 5.75 Å². The van der Waals surface area contributed by atoms with E-state index in [0.29, 0.717) is 12.1 Å². The third-order valence-electron chi connectivity index (χ3n) is 5.15. The van der Waals surface area contributed by atoms with Crippen LogP contribution in [0, 0.1) is 0 Å². The number of fused-ring (bicyclic) bond motifs is 1. The molecule has 0 amide bonds. The molecule has 0 spiro atoms. The van der Waals surface area contributed by atoms with Crippen molar-refractivity contribution in [2.75, 3.05) is 19.7 Å². The number of hydrogen-bond acceptors (Lipinski definition) is 3. The van der Waals surface area contributed by atoms with Crippen LogP contribution >= 0.6 is 0 Å². The van der Waals surface area contributed by atoms with Gasteiger partial charge in [0, 0.05) is 37.2 Å². The average molecular weight is 322 g/mol. The SMILES string of the molecule is c1ccc(CN2CCCC(NC3CCOc4ccccc43)C2)cc1.